The zero-order valence-corrected chi connectivity index (χ0v) is 18.9. The first kappa shape index (κ1) is 21.8. The number of carbonyl (C=O) groups excluding carboxylic acids is 1. The zero-order valence-electron chi connectivity index (χ0n) is 18.9. The Hall–Kier alpha value is -3.37. The van der Waals surface area contributed by atoms with Crippen LogP contribution < -0.4 is 0 Å². The number of nitrogens with one attached hydrogen (secondary N) is 1. The molecule has 0 saturated heterocycles. The van der Waals surface area contributed by atoms with Crippen molar-refractivity contribution in [2.45, 2.75) is 38.8 Å². The van der Waals surface area contributed by atoms with E-state index in [9.17, 15) is 9.90 Å². The van der Waals surface area contributed by atoms with Gasteiger partial charge in [-0.05, 0) is 34.2 Å². The van der Waals surface area contributed by atoms with Gasteiger partial charge >= 0.3 is 0 Å². The van der Waals surface area contributed by atoms with Crippen molar-refractivity contribution in [1.82, 2.24) is 9.88 Å². The Balaban J connectivity index is 1.64. The van der Waals surface area contributed by atoms with Gasteiger partial charge in [0.2, 0.25) is 0 Å². The highest BCUT2D eigenvalue weighted by Gasteiger charge is 2.23. The largest absolute Gasteiger partial charge is 0.387 e. The normalized spacial score (nSPS) is 12.6. The number of nitrogens with zero attached hydrogens (tertiary/aromatic N) is 1. The Morgan fingerprint density at radius 1 is 0.938 bits per heavy atom. The summed E-state index contributed by atoms with van der Waals surface area (Å²) in [6.07, 6.45) is 1.08. The van der Waals surface area contributed by atoms with Gasteiger partial charge in [0, 0.05) is 18.1 Å². The van der Waals surface area contributed by atoms with Crippen molar-refractivity contribution in [2.75, 3.05) is 6.54 Å². The quantitative estimate of drug-likeness (QED) is 0.407. The summed E-state index contributed by atoms with van der Waals surface area (Å²) in [7, 11) is 0. The maximum Gasteiger partial charge on any atom is 0.256 e. The molecule has 4 nitrogen and oxygen atoms in total. The van der Waals surface area contributed by atoms with Gasteiger partial charge in [0.25, 0.3) is 5.91 Å². The molecule has 0 radical (unpaired) electrons. The number of carbonyl (C=O) groups is 1. The first-order valence-corrected chi connectivity index (χ1v) is 11.0. The van der Waals surface area contributed by atoms with Crippen molar-refractivity contribution < 1.29 is 9.90 Å². The number of hydrogen-bond acceptors (Lipinski definition) is 2. The lowest BCUT2D eigenvalue weighted by Crippen LogP contribution is -2.34. The van der Waals surface area contributed by atoms with E-state index in [1.165, 1.54) is 5.56 Å². The number of amides is 1. The standard InChI is InChI=1S/C28H30N2O2/c1-28(2,3)23-14-12-20(13-15-23)18-30(19-25(31)21-8-5-4-6-9-21)27(32)24-11-7-10-22-16-17-29-26(22)24/h4-17,25,29,31H,18-19H2,1-3H3. The van der Waals surface area contributed by atoms with Crippen molar-refractivity contribution >= 4 is 16.8 Å². The van der Waals surface area contributed by atoms with Gasteiger partial charge in [-0.3, -0.25) is 4.79 Å². The molecular weight excluding hydrogens is 396 g/mol. The molecule has 0 spiro atoms. The number of aromatic nitrogens is 1. The van der Waals surface area contributed by atoms with Crippen LogP contribution in [0.3, 0.4) is 0 Å². The van der Waals surface area contributed by atoms with Crippen LogP contribution in [0.25, 0.3) is 10.9 Å². The summed E-state index contributed by atoms with van der Waals surface area (Å²) in [6, 6.07) is 25.6. The van der Waals surface area contributed by atoms with Gasteiger partial charge in [0.05, 0.1) is 23.7 Å². The monoisotopic (exact) mass is 426 g/mol. The Bertz CT molecular complexity index is 1190. The zero-order chi connectivity index (χ0) is 22.7. The van der Waals surface area contributed by atoms with Gasteiger partial charge in [-0.2, -0.15) is 0 Å². The van der Waals surface area contributed by atoms with Crippen LogP contribution in [0.1, 0.15) is 53.9 Å². The van der Waals surface area contributed by atoms with Crippen LogP contribution in [0.4, 0.5) is 0 Å². The predicted molar refractivity (Wildman–Crippen MR) is 130 cm³/mol. The molecule has 4 rings (SSSR count). The van der Waals surface area contributed by atoms with E-state index in [1.54, 1.807) is 4.90 Å². The summed E-state index contributed by atoms with van der Waals surface area (Å²) in [6.45, 7) is 7.19. The fraction of sp³-hybridized carbons (Fsp3) is 0.250. The molecule has 0 aliphatic heterocycles. The Labute approximate surface area is 189 Å². The second kappa shape index (κ2) is 9.01. The highest BCUT2D eigenvalue weighted by molar-refractivity contribution is 6.05. The highest BCUT2D eigenvalue weighted by atomic mass is 16.3. The van der Waals surface area contributed by atoms with E-state index >= 15 is 0 Å². The Morgan fingerprint density at radius 3 is 2.34 bits per heavy atom. The van der Waals surface area contributed by atoms with Crippen molar-refractivity contribution in [3.8, 4) is 0 Å². The van der Waals surface area contributed by atoms with E-state index < -0.39 is 6.10 Å². The SMILES string of the molecule is CC(C)(C)c1ccc(CN(CC(O)c2ccccc2)C(=O)c2cccc3cc[nH]c23)cc1. The molecule has 164 valence electrons. The summed E-state index contributed by atoms with van der Waals surface area (Å²) in [5.41, 5.74) is 4.58. The topological polar surface area (TPSA) is 56.3 Å². The number of rotatable bonds is 6. The van der Waals surface area contributed by atoms with E-state index in [0.717, 1.165) is 22.0 Å². The van der Waals surface area contributed by atoms with Crippen molar-refractivity contribution in [3.05, 3.63) is 107 Å². The van der Waals surface area contributed by atoms with E-state index in [1.807, 2.05) is 60.8 Å². The molecule has 0 aliphatic carbocycles. The number of para-hydroxylation sites is 1. The van der Waals surface area contributed by atoms with E-state index in [0.29, 0.717) is 12.1 Å². The maximum atomic E-state index is 13.6. The smallest absolute Gasteiger partial charge is 0.256 e. The number of benzene rings is 3. The molecule has 1 atom stereocenters. The maximum absolute atomic E-state index is 13.6. The highest BCUT2D eigenvalue weighted by Crippen LogP contribution is 2.25. The summed E-state index contributed by atoms with van der Waals surface area (Å²) in [4.78, 5) is 18.6. The molecule has 0 fully saturated rings. The first-order valence-electron chi connectivity index (χ1n) is 11.0. The van der Waals surface area contributed by atoms with Gasteiger partial charge < -0.3 is 15.0 Å². The summed E-state index contributed by atoms with van der Waals surface area (Å²) in [5, 5.41) is 11.9. The minimum absolute atomic E-state index is 0.0702. The Morgan fingerprint density at radius 2 is 1.66 bits per heavy atom. The van der Waals surface area contributed by atoms with Crippen LogP contribution in [0, 0.1) is 0 Å². The molecule has 2 N–H and O–H groups in total. The first-order chi connectivity index (χ1) is 15.3. The lowest BCUT2D eigenvalue weighted by molar-refractivity contribution is 0.0605. The van der Waals surface area contributed by atoms with Crippen LogP contribution in [0.2, 0.25) is 0 Å². The lowest BCUT2D eigenvalue weighted by Gasteiger charge is -2.27. The Kier molecular flexibility index (Phi) is 6.15. The van der Waals surface area contributed by atoms with Crippen LogP contribution in [-0.2, 0) is 12.0 Å². The third-order valence-corrected chi connectivity index (χ3v) is 5.88. The average Bonchev–Trinajstić information content (AvgIpc) is 3.27. The molecule has 1 heterocycles. The number of hydrogen-bond donors (Lipinski definition) is 2. The predicted octanol–water partition coefficient (Wildman–Crippen LogP) is 5.84. The molecular formula is C28H30N2O2. The molecule has 0 bridgehead atoms. The second-order valence-corrected chi connectivity index (χ2v) is 9.31. The van der Waals surface area contributed by atoms with E-state index in [2.05, 4.69) is 50.0 Å². The van der Waals surface area contributed by atoms with E-state index in [-0.39, 0.29) is 17.9 Å². The molecule has 1 amide bonds. The number of aromatic amines is 1. The van der Waals surface area contributed by atoms with Gasteiger partial charge in [-0.15, -0.1) is 0 Å². The summed E-state index contributed by atoms with van der Waals surface area (Å²) < 4.78 is 0. The third-order valence-electron chi connectivity index (χ3n) is 5.88. The average molecular weight is 427 g/mol. The number of fused-ring (bicyclic) bond motifs is 1. The van der Waals surface area contributed by atoms with Crippen LogP contribution in [0.5, 0.6) is 0 Å². The van der Waals surface area contributed by atoms with Gasteiger partial charge in [0.15, 0.2) is 0 Å². The van der Waals surface area contributed by atoms with Crippen molar-refractivity contribution in [2.24, 2.45) is 0 Å². The molecule has 32 heavy (non-hydrogen) atoms. The van der Waals surface area contributed by atoms with Gasteiger partial charge in [-0.1, -0.05) is 87.5 Å². The summed E-state index contributed by atoms with van der Waals surface area (Å²) >= 11 is 0. The van der Waals surface area contributed by atoms with Gasteiger partial charge in [-0.25, -0.2) is 0 Å². The molecule has 1 unspecified atom stereocenters. The van der Waals surface area contributed by atoms with Crippen LogP contribution >= 0.6 is 0 Å². The number of H-pyrrole nitrogens is 1. The molecule has 0 aliphatic rings. The lowest BCUT2D eigenvalue weighted by atomic mass is 9.87. The van der Waals surface area contributed by atoms with Crippen LogP contribution in [-0.4, -0.2) is 27.4 Å². The molecule has 3 aromatic carbocycles. The fourth-order valence-corrected chi connectivity index (χ4v) is 3.97. The molecule has 4 aromatic rings. The van der Waals surface area contributed by atoms with Gasteiger partial charge in [0.1, 0.15) is 0 Å². The minimum Gasteiger partial charge on any atom is -0.387 e. The minimum atomic E-state index is -0.767. The summed E-state index contributed by atoms with van der Waals surface area (Å²) in [5.74, 6) is -0.104. The molecule has 0 saturated carbocycles. The van der Waals surface area contributed by atoms with Crippen molar-refractivity contribution in [3.63, 3.8) is 0 Å². The fourth-order valence-electron chi connectivity index (χ4n) is 3.97. The molecule has 1 aromatic heterocycles. The van der Waals surface area contributed by atoms with E-state index in [4.69, 9.17) is 0 Å². The second-order valence-electron chi connectivity index (χ2n) is 9.31. The molecule has 4 heteroatoms. The van der Waals surface area contributed by atoms with Crippen LogP contribution in [0.15, 0.2) is 85.1 Å². The van der Waals surface area contributed by atoms with Crippen molar-refractivity contribution in [1.29, 1.82) is 0 Å². The third kappa shape index (κ3) is 4.76. The number of aliphatic hydroxyl groups is 1. The number of aliphatic hydroxyl groups excluding tert-OH is 1.